The molecule has 1 aliphatic carbocycles. The van der Waals surface area contributed by atoms with Crippen LogP contribution in [0.5, 0.6) is 0 Å². The lowest BCUT2D eigenvalue weighted by atomic mass is 9.78. The van der Waals surface area contributed by atoms with Crippen molar-refractivity contribution in [2.24, 2.45) is 0 Å². The second-order valence-electron chi connectivity index (χ2n) is 13.6. The first kappa shape index (κ1) is 27.9. The molecule has 49 heavy (non-hydrogen) atoms. The van der Waals surface area contributed by atoms with Gasteiger partial charge in [-0.1, -0.05) is 72.8 Å². The van der Waals surface area contributed by atoms with Gasteiger partial charge in [-0.05, 0) is 160 Å². The first-order chi connectivity index (χ1) is 24.0. The molecule has 0 aliphatic heterocycles. The molecule has 9 aromatic rings. The highest BCUT2D eigenvalue weighted by Gasteiger charge is 2.25. The van der Waals surface area contributed by atoms with E-state index in [-0.39, 0.29) is 0 Å². The SMILES string of the molecule is Cc1ccc(N(c2ccc3cc4c(cc3c2)-c2cc3cc(-n5c6ccccc6c6ccccc65)ccc3cc2-4)c2ccccc2C)cc1C. The van der Waals surface area contributed by atoms with Gasteiger partial charge in [-0.15, -0.1) is 0 Å². The molecule has 10 rings (SSSR count). The van der Waals surface area contributed by atoms with Crippen LogP contribution in [0.2, 0.25) is 0 Å². The predicted molar refractivity (Wildman–Crippen MR) is 209 cm³/mol. The molecule has 8 aromatic carbocycles. The summed E-state index contributed by atoms with van der Waals surface area (Å²) in [6, 6.07) is 56.3. The minimum absolute atomic E-state index is 1.17. The molecule has 232 valence electrons. The number of benzene rings is 8. The molecule has 0 bridgehead atoms. The van der Waals surface area contributed by atoms with Gasteiger partial charge < -0.3 is 9.47 Å². The fraction of sp³-hybridized carbons (Fsp3) is 0.0638. The van der Waals surface area contributed by atoms with Gasteiger partial charge in [-0.25, -0.2) is 0 Å². The van der Waals surface area contributed by atoms with E-state index in [4.69, 9.17) is 0 Å². The normalized spacial score (nSPS) is 12.0. The minimum Gasteiger partial charge on any atom is -0.310 e. The average Bonchev–Trinajstić information content (AvgIpc) is 3.47. The van der Waals surface area contributed by atoms with Crippen LogP contribution in [0.25, 0.3) is 71.3 Å². The summed E-state index contributed by atoms with van der Waals surface area (Å²) in [5.74, 6) is 0. The van der Waals surface area contributed by atoms with Crippen molar-refractivity contribution in [3.63, 3.8) is 0 Å². The van der Waals surface area contributed by atoms with Crippen molar-refractivity contribution in [1.29, 1.82) is 0 Å². The van der Waals surface area contributed by atoms with Gasteiger partial charge in [0, 0.05) is 33.5 Å². The van der Waals surface area contributed by atoms with Gasteiger partial charge in [0.15, 0.2) is 0 Å². The molecule has 0 atom stereocenters. The maximum Gasteiger partial charge on any atom is 0.0541 e. The molecule has 0 spiro atoms. The molecule has 0 saturated heterocycles. The number of para-hydroxylation sites is 3. The van der Waals surface area contributed by atoms with E-state index in [1.54, 1.807) is 0 Å². The van der Waals surface area contributed by atoms with Crippen LogP contribution in [0.1, 0.15) is 16.7 Å². The predicted octanol–water partition coefficient (Wildman–Crippen LogP) is 13.1. The van der Waals surface area contributed by atoms with Gasteiger partial charge >= 0.3 is 0 Å². The molecule has 1 heterocycles. The first-order valence-electron chi connectivity index (χ1n) is 17.1. The Morgan fingerprint density at radius 2 is 0.918 bits per heavy atom. The van der Waals surface area contributed by atoms with Crippen LogP contribution in [0.4, 0.5) is 17.1 Å². The lowest BCUT2D eigenvalue weighted by Gasteiger charge is -2.29. The molecular formula is C47H34N2. The zero-order valence-electron chi connectivity index (χ0n) is 27.8. The van der Waals surface area contributed by atoms with Gasteiger partial charge in [0.05, 0.1) is 11.0 Å². The van der Waals surface area contributed by atoms with E-state index in [2.05, 4.69) is 182 Å². The fourth-order valence-corrected chi connectivity index (χ4v) is 7.98. The number of nitrogens with zero attached hydrogens (tertiary/aromatic N) is 2. The van der Waals surface area contributed by atoms with E-state index in [9.17, 15) is 0 Å². The highest BCUT2D eigenvalue weighted by Crippen LogP contribution is 2.51. The Kier molecular flexibility index (Phi) is 5.95. The summed E-state index contributed by atoms with van der Waals surface area (Å²) in [6.45, 7) is 6.57. The monoisotopic (exact) mass is 626 g/mol. The third-order valence-corrected chi connectivity index (χ3v) is 10.7. The molecule has 0 amide bonds. The highest BCUT2D eigenvalue weighted by atomic mass is 15.1. The van der Waals surface area contributed by atoms with Crippen LogP contribution in [0, 0.1) is 20.8 Å². The minimum atomic E-state index is 1.17. The first-order valence-corrected chi connectivity index (χ1v) is 17.1. The molecule has 1 aliphatic rings. The molecule has 0 fully saturated rings. The zero-order chi connectivity index (χ0) is 32.8. The maximum atomic E-state index is 2.40. The molecule has 2 nitrogen and oxygen atoms in total. The van der Waals surface area contributed by atoms with E-state index in [0.717, 1.165) is 0 Å². The summed E-state index contributed by atoms with van der Waals surface area (Å²) < 4.78 is 2.40. The summed E-state index contributed by atoms with van der Waals surface area (Å²) in [5.41, 5.74) is 16.4. The lowest BCUT2D eigenvalue weighted by Crippen LogP contribution is -2.11. The van der Waals surface area contributed by atoms with Crippen molar-refractivity contribution in [3.8, 4) is 27.9 Å². The van der Waals surface area contributed by atoms with Gasteiger partial charge in [0.25, 0.3) is 0 Å². The molecule has 0 N–H and O–H groups in total. The molecule has 0 saturated carbocycles. The van der Waals surface area contributed by atoms with Gasteiger partial charge in [-0.2, -0.15) is 0 Å². The number of rotatable bonds is 4. The molecule has 0 radical (unpaired) electrons. The van der Waals surface area contributed by atoms with Crippen LogP contribution >= 0.6 is 0 Å². The van der Waals surface area contributed by atoms with Crippen LogP contribution in [0.3, 0.4) is 0 Å². The Morgan fingerprint density at radius 3 is 1.57 bits per heavy atom. The van der Waals surface area contributed by atoms with Gasteiger partial charge in [0.1, 0.15) is 0 Å². The van der Waals surface area contributed by atoms with E-state index in [1.807, 2.05) is 0 Å². The quantitative estimate of drug-likeness (QED) is 0.189. The van der Waals surface area contributed by atoms with Crippen molar-refractivity contribution in [1.82, 2.24) is 4.57 Å². The van der Waals surface area contributed by atoms with E-state index < -0.39 is 0 Å². The molecule has 0 unspecified atom stereocenters. The van der Waals surface area contributed by atoms with Crippen molar-refractivity contribution >= 4 is 60.4 Å². The summed E-state index contributed by atoms with van der Waals surface area (Å²) in [6.07, 6.45) is 0. The largest absolute Gasteiger partial charge is 0.310 e. The summed E-state index contributed by atoms with van der Waals surface area (Å²) in [5, 5.41) is 7.62. The Morgan fingerprint density at radius 1 is 0.388 bits per heavy atom. The van der Waals surface area contributed by atoms with Crippen molar-refractivity contribution in [2.75, 3.05) is 4.90 Å². The number of hydrogen-bond acceptors (Lipinski definition) is 1. The number of aromatic nitrogens is 1. The van der Waals surface area contributed by atoms with Crippen molar-refractivity contribution in [2.45, 2.75) is 20.8 Å². The zero-order valence-corrected chi connectivity index (χ0v) is 27.8. The standard InChI is InChI=1S/C47H34N2/c1-29-16-19-36(22-31(29)3)48(45-13-7-4-10-30(45)2)37-20-17-32-25-41-42-26-33-18-21-38(24-35(33)28-44(42)43(41)27-34(32)23-37)49-46-14-8-5-11-39(46)40-12-6-9-15-47(40)49/h4-28H,1-3H3. The number of hydrogen-bond donors (Lipinski definition) is 0. The third-order valence-electron chi connectivity index (χ3n) is 10.7. The molecule has 1 aromatic heterocycles. The van der Waals surface area contributed by atoms with Gasteiger partial charge in [0.2, 0.25) is 0 Å². The number of fused-ring (bicyclic) bond motifs is 9. The average molecular weight is 627 g/mol. The van der Waals surface area contributed by atoms with E-state index in [1.165, 1.54) is 105 Å². The van der Waals surface area contributed by atoms with Crippen LogP contribution in [0.15, 0.2) is 152 Å². The third kappa shape index (κ3) is 4.20. The Balaban J connectivity index is 1.09. The van der Waals surface area contributed by atoms with E-state index in [0.29, 0.717) is 0 Å². The highest BCUT2D eigenvalue weighted by molar-refractivity contribution is 6.13. The molecule has 2 heteroatoms. The summed E-state index contributed by atoms with van der Waals surface area (Å²) in [4.78, 5) is 2.40. The van der Waals surface area contributed by atoms with E-state index >= 15 is 0 Å². The number of anilines is 3. The second-order valence-corrected chi connectivity index (χ2v) is 13.6. The number of aryl methyl sites for hydroxylation is 3. The maximum absolute atomic E-state index is 2.40. The van der Waals surface area contributed by atoms with Crippen molar-refractivity contribution in [3.05, 3.63) is 168 Å². The lowest BCUT2D eigenvalue weighted by molar-refractivity contribution is 1.19. The van der Waals surface area contributed by atoms with Crippen LogP contribution in [-0.4, -0.2) is 4.57 Å². The fourth-order valence-electron chi connectivity index (χ4n) is 7.98. The molecular weight excluding hydrogens is 593 g/mol. The summed E-state index contributed by atoms with van der Waals surface area (Å²) >= 11 is 0. The Hall–Kier alpha value is -6.12. The smallest absolute Gasteiger partial charge is 0.0541 e. The van der Waals surface area contributed by atoms with Crippen LogP contribution in [-0.2, 0) is 0 Å². The van der Waals surface area contributed by atoms with Crippen LogP contribution < -0.4 is 4.90 Å². The topological polar surface area (TPSA) is 8.17 Å². The van der Waals surface area contributed by atoms with Crippen molar-refractivity contribution < 1.29 is 0 Å². The van der Waals surface area contributed by atoms with Gasteiger partial charge in [-0.3, -0.25) is 0 Å². The Labute approximate surface area is 286 Å². The second kappa shape index (κ2) is 10.4. The summed E-state index contributed by atoms with van der Waals surface area (Å²) in [7, 11) is 0. The Bertz CT molecular complexity index is 2760.